The predicted octanol–water partition coefficient (Wildman–Crippen LogP) is 6.30. The Hall–Kier alpha value is -4.35. The molecule has 2 N–H and O–H groups in total. The molecule has 11 nitrogen and oxygen atoms in total. The molecule has 0 spiro atoms. The van der Waals surface area contributed by atoms with Gasteiger partial charge in [0.05, 0.1) is 18.6 Å². The molecule has 1 fully saturated rings. The molecule has 1 aliphatic heterocycles. The zero-order valence-corrected chi connectivity index (χ0v) is 30.1. The Morgan fingerprint density at radius 1 is 0.880 bits per heavy atom. The maximum Gasteiger partial charge on any atom is 0.274 e. The molecular weight excluding hydrogens is 630 g/mol. The Kier molecular flexibility index (Phi) is 17.2. The molecule has 0 atom stereocenters. The van der Waals surface area contributed by atoms with Crippen molar-refractivity contribution in [3.05, 3.63) is 106 Å². The van der Waals surface area contributed by atoms with Crippen LogP contribution in [0.15, 0.2) is 84.9 Å². The van der Waals surface area contributed by atoms with E-state index in [0.717, 1.165) is 88.3 Å². The van der Waals surface area contributed by atoms with Crippen LogP contribution in [-0.4, -0.2) is 86.3 Å². The molecule has 2 aromatic carbocycles. The van der Waals surface area contributed by atoms with Gasteiger partial charge in [-0.25, -0.2) is 4.98 Å². The van der Waals surface area contributed by atoms with Gasteiger partial charge in [0.15, 0.2) is 5.82 Å². The van der Waals surface area contributed by atoms with Gasteiger partial charge in [-0.1, -0.05) is 49.6 Å². The Morgan fingerprint density at radius 2 is 1.66 bits per heavy atom. The number of aromatic nitrogens is 1. The van der Waals surface area contributed by atoms with E-state index in [4.69, 9.17) is 9.47 Å². The van der Waals surface area contributed by atoms with E-state index in [1.807, 2.05) is 36.5 Å². The number of methoxy groups -OCH3 is 1. The van der Waals surface area contributed by atoms with Crippen LogP contribution in [0, 0.1) is 10.1 Å². The van der Waals surface area contributed by atoms with Crippen LogP contribution in [0.5, 0.6) is 11.5 Å². The van der Waals surface area contributed by atoms with Crippen LogP contribution < -0.4 is 25.0 Å². The summed E-state index contributed by atoms with van der Waals surface area (Å²) in [7, 11) is 3.86. The average Bonchev–Trinajstić information content (AvgIpc) is 3.13. The molecule has 1 saturated heterocycles. The fraction of sp³-hybridized carbons (Fsp3) is 0.513. The fourth-order valence-electron chi connectivity index (χ4n) is 6.11. The number of likely N-dealkylation sites (tertiary alicyclic amines) is 1. The summed E-state index contributed by atoms with van der Waals surface area (Å²) in [6.07, 6.45) is 11.7. The van der Waals surface area contributed by atoms with Gasteiger partial charge in [-0.2, -0.15) is 0 Å². The first-order valence-electron chi connectivity index (χ1n) is 18.2. The van der Waals surface area contributed by atoms with Gasteiger partial charge in [-0.3, -0.25) is 15.0 Å². The molecule has 0 radical (unpaired) electrons. The van der Waals surface area contributed by atoms with Crippen LogP contribution in [0.3, 0.4) is 0 Å². The van der Waals surface area contributed by atoms with Gasteiger partial charge in [0.2, 0.25) is 0 Å². The SMILES string of the molecule is COc1ccc(CN(CCN(C)CCCCCCNC(=C[N+](=O)[O-])NCCCOc2cccc(CN3CCCCC3)c2)c2ccccn2)cc1. The lowest BCUT2D eigenvalue weighted by Gasteiger charge is -2.27. The number of nitrogens with one attached hydrogen (secondary N) is 2. The smallest absolute Gasteiger partial charge is 0.274 e. The normalized spacial score (nSPS) is 13.6. The molecular formula is C39H57N7O4. The second kappa shape index (κ2) is 22.4. The lowest BCUT2D eigenvalue weighted by atomic mass is 10.1. The highest BCUT2D eigenvalue weighted by Gasteiger charge is 2.12. The Morgan fingerprint density at radius 3 is 2.40 bits per heavy atom. The Bertz CT molecular complexity index is 1400. The standard InChI is InChI=1S/C39H57N7O4/c1-43(27-28-45(39-16-6-8-22-42-39)32-34-17-19-36(49-2)20-18-34)24-9-4-3-7-21-40-38(33-46(47)48)41-23-13-29-50-37-15-12-14-35(30-37)31-44-25-10-5-11-26-44/h6,8,12,14-20,22,30,33,40-41H,3-5,7,9-11,13,21,23-29,31-32H2,1-2H3. The molecule has 0 aliphatic carbocycles. The topological polar surface area (TPSA) is 108 Å². The summed E-state index contributed by atoms with van der Waals surface area (Å²) >= 11 is 0. The maximum atomic E-state index is 11.2. The van der Waals surface area contributed by atoms with Gasteiger partial charge in [-0.05, 0) is 106 Å². The number of unbranched alkanes of at least 4 members (excludes halogenated alkanes) is 3. The van der Waals surface area contributed by atoms with Gasteiger partial charge in [-0.15, -0.1) is 0 Å². The first kappa shape index (κ1) is 38.5. The highest BCUT2D eigenvalue weighted by atomic mass is 16.6. The third-order valence-corrected chi connectivity index (χ3v) is 8.93. The Labute approximate surface area is 298 Å². The largest absolute Gasteiger partial charge is 0.497 e. The minimum absolute atomic E-state index is 0.415. The third kappa shape index (κ3) is 15.0. The monoisotopic (exact) mass is 687 g/mol. The van der Waals surface area contributed by atoms with Crippen molar-refractivity contribution in [1.29, 1.82) is 0 Å². The lowest BCUT2D eigenvalue weighted by molar-refractivity contribution is -0.404. The van der Waals surface area contributed by atoms with Gasteiger partial charge < -0.3 is 29.9 Å². The van der Waals surface area contributed by atoms with E-state index in [9.17, 15) is 10.1 Å². The van der Waals surface area contributed by atoms with E-state index in [0.29, 0.717) is 25.5 Å². The van der Waals surface area contributed by atoms with Crippen LogP contribution in [0.2, 0.25) is 0 Å². The van der Waals surface area contributed by atoms with Gasteiger partial charge in [0.25, 0.3) is 6.20 Å². The van der Waals surface area contributed by atoms with Crippen molar-refractivity contribution in [3.8, 4) is 11.5 Å². The molecule has 3 aromatic rings. The van der Waals surface area contributed by atoms with E-state index in [2.05, 4.69) is 73.8 Å². The second-order valence-electron chi connectivity index (χ2n) is 13.0. The van der Waals surface area contributed by atoms with E-state index in [-0.39, 0.29) is 0 Å². The van der Waals surface area contributed by atoms with Crippen LogP contribution in [0.25, 0.3) is 0 Å². The highest BCUT2D eigenvalue weighted by molar-refractivity contribution is 5.40. The summed E-state index contributed by atoms with van der Waals surface area (Å²) in [6.45, 7) is 8.74. The van der Waals surface area contributed by atoms with Gasteiger partial charge >= 0.3 is 0 Å². The Balaban J connectivity index is 1.07. The van der Waals surface area contributed by atoms with Crippen LogP contribution in [-0.2, 0) is 13.1 Å². The minimum Gasteiger partial charge on any atom is -0.497 e. The number of piperidine rings is 1. The number of nitrogens with zero attached hydrogens (tertiary/aromatic N) is 5. The summed E-state index contributed by atoms with van der Waals surface area (Å²) < 4.78 is 11.3. The summed E-state index contributed by atoms with van der Waals surface area (Å²) in [5, 5.41) is 17.6. The molecule has 0 bridgehead atoms. The number of hydrogen-bond acceptors (Lipinski definition) is 10. The number of anilines is 1. The predicted molar refractivity (Wildman–Crippen MR) is 201 cm³/mol. The molecule has 1 aromatic heterocycles. The third-order valence-electron chi connectivity index (χ3n) is 8.93. The minimum atomic E-state index is -0.415. The lowest BCUT2D eigenvalue weighted by Crippen LogP contribution is -2.34. The summed E-state index contributed by atoms with van der Waals surface area (Å²) in [6, 6.07) is 22.6. The number of likely N-dealkylation sites (N-methyl/N-ethyl adjacent to an activating group) is 1. The van der Waals surface area contributed by atoms with E-state index in [1.54, 1.807) is 7.11 Å². The molecule has 1 aliphatic rings. The van der Waals surface area contributed by atoms with Crippen molar-refractivity contribution in [1.82, 2.24) is 25.4 Å². The van der Waals surface area contributed by atoms with Gasteiger partial charge in [0, 0.05) is 45.5 Å². The van der Waals surface area contributed by atoms with Crippen LogP contribution in [0.1, 0.15) is 62.5 Å². The molecule has 11 heteroatoms. The summed E-state index contributed by atoms with van der Waals surface area (Å²) in [5.41, 5.74) is 2.49. The summed E-state index contributed by atoms with van der Waals surface area (Å²) in [4.78, 5) is 22.6. The first-order valence-corrected chi connectivity index (χ1v) is 18.2. The summed E-state index contributed by atoms with van der Waals surface area (Å²) in [5.74, 6) is 3.16. The number of pyridine rings is 1. The molecule has 0 saturated carbocycles. The number of hydrogen-bond donors (Lipinski definition) is 2. The van der Waals surface area contributed by atoms with Crippen molar-refractivity contribution in [2.45, 2.75) is 64.5 Å². The van der Waals surface area contributed by atoms with Crippen molar-refractivity contribution >= 4 is 5.82 Å². The quantitative estimate of drug-likeness (QED) is 0.0633. The van der Waals surface area contributed by atoms with Crippen molar-refractivity contribution in [2.75, 3.05) is 71.5 Å². The molecule has 0 unspecified atom stereocenters. The zero-order chi connectivity index (χ0) is 35.2. The van der Waals surface area contributed by atoms with E-state index < -0.39 is 4.92 Å². The molecule has 50 heavy (non-hydrogen) atoms. The highest BCUT2D eigenvalue weighted by Crippen LogP contribution is 2.19. The van der Waals surface area contributed by atoms with E-state index >= 15 is 0 Å². The van der Waals surface area contributed by atoms with Crippen molar-refractivity contribution < 1.29 is 14.4 Å². The maximum absolute atomic E-state index is 11.2. The first-order chi connectivity index (χ1) is 24.5. The second-order valence-corrected chi connectivity index (χ2v) is 13.0. The van der Waals surface area contributed by atoms with Gasteiger partial charge in [0.1, 0.15) is 17.3 Å². The van der Waals surface area contributed by atoms with Crippen molar-refractivity contribution in [3.63, 3.8) is 0 Å². The van der Waals surface area contributed by atoms with Crippen LogP contribution >= 0.6 is 0 Å². The number of rotatable bonds is 24. The fourth-order valence-corrected chi connectivity index (χ4v) is 6.11. The number of benzene rings is 2. The number of nitro groups is 1. The van der Waals surface area contributed by atoms with E-state index in [1.165, 1.54) is 43.5 Å². The zero-order valence-electron chi connectivity index (χ0n) is 30.1. The molecule has 0 amide bonds. The molecule has 2 heterocycles. The molecule has 4 rings (SSSR count). The van der Waals surface area contributed by atoms with Crippen molar-refractivity contribution in [2.24, 2.45) is 0 Å². The molecule has 272 valence electrons. The van der Waals surface area contributed by atoms with Crippen LogP contribution in [0.4, 0.5) is 5.82 Å². The number of ether oxygens (including phenoxy) is 2. The average molecular weight is 688 g/mol.